The molecule has 17 heavy (non-hydrogen) atoms. The van der Waals surface area contributed by atoms with Gasteiger partial charge in [0.2, 0.25) is 0 Å². The molecule has 0 bridgehead atoms. The van der Waals surface area contributed by atoms with E-state index in [2.05, 4.69) is 24.2 Å². The Hall–Kier alpha value is -0.120. The minimum absolute atomic E-state index is 0.281. The summed E-state index contributed by atoms with van der Waals surface area (Å²) >= 11 is 0. The van der Waals surface area contributed by atoms with E-state index < -0.39 is 0 Å². The van der Waals surface area contributed by atoms with E-state index in [4.69, 9.17) is 5.11 Å². The molecule has 0 unspecified atom stereocenters. The third kappa shape index (κ3) is 4.94. The van der Waals surface area contributed by atoms with Gasteiger partial charge in [-0.1, -0.05) is 32.6 Å². The zero-order chi connectivity index (χ0) is 12.6. The first kappa shape index (κ1) is 14.9. The Balaban J connectivity index is 2.60. The van der Waals surface area contributed by atoms with Crippen molar-refractivity contribution in [3.8, 4) is 0 Å². The molecule has 0 amide bonds. The van der Waals surface area contributed by atoms with E-state index in [-0.39, 0.29) is 6.61 Å². The lowest BCUT2D eigenvalue weighted by Crippen LogP contribution is -2.44. The van der Waals surface area contributed by atoms with Crippen molar-refractivity contribution in [2.75, 3.05) is 39.8 Å². The highest BCUT2D eigenvalue weighted by atomic mass is 16.3. The molecule has 1 saturated carbocycles. The molecule has 0 aromatic carbocycles. The van der Waals surface area contributed by atoms with Gasteiger partial charge in [0, 0.05) is 19.6 Å². The second kappa shape index (κ2) is 8.06. The quantitative estimate of drug-likeness (QED) is 0.669. The van der Waals surface area contributed by atoms with Gasteiger partial charge >= 0.3 is 0 Å². The number of likely N-dealkylation sites (N-methyl/N-ethyl adjacent to an activating group) is 1. The second-order valence-corrected chi connectivity index (χ2v) is 5.54. The lowest BCUT2D eigenvalue weighted by molar-refractivity contribution is 0.114. The first-order valence-electron chi connectivity index (χ1n) is 7.24. The lowest BCUT2D eigenvalue weighted by atomic mass is 9.79. The van der Waals surface area contributed by atoms with Crippen molar-refractivity contribution in [3.63, 3.8) is 0 Å². The SMILES string of the molecule is CCN(CCO)CC1(CNC)CCCCCC1. The number of rotatable bonds is 7. The molecule has 1 fully saturated rings. The summed E-state index contributed by atoms with van der Waals surface area (Å²) < 4.78 is 0. The average Bonchev–Trinajstić information content (AvgIpc) is 2.55. The second-order valence-electron chi connectivity index (χ2n) is 5.54. The molecule has 2 N–H and O–H groups in total. The fourth-order valence-corrected chi connectivity index (χ4v) is 3.21. The fourth-order valence-electron chi connectivity index (χ4n) is 3.21. The van der Waals surface area contributed by atoms with Crippen molar-refractivity contribution in [2.45, 2.75) is 45.4 Å². The van der Waals surface area contributed by atoms with Gasteiger partial charge in [-0.2, -0.15) is 0 Å². The Bertz CT molecular complexity index is 189. The number of nitrogens with one attached hydrogen (secondary N) is 1. The first-order valence-corrected chi connectivity index (χ1v) is 7.24. The molecule has 3 nitrogen and oxygen atoms in total. The molecule has 1 rings (SSSR count). The van der Waals surface area contributed by atoms with Crippen LogP contribution < -0.4 is 5.32 Å². The van der Waals surface area contributed by atoms with Gasteiger partial charge in [0.1, 0.15) is 0 Å². The minimum Gasteiger partial charge on any atom is -0.395 e. The maximum atomic E-state index is 9.11. The van der Waals surface area contributed by atoms with Crippen LogP contribution in [0.3, 0.4) is 0 Å². The number of hydrogen-bond acceptors (Lipinski definition) is 3. The van der Waals surface area contributed by atoms with Crippen molar-refractivity contribution in [3.05, 3.63) is 0 Å². The first-order chi connectivity index (χ1) is 8.26. The molecule has 3 heteroatoms. The van der Waals surface area contributed by atoms with E-state index in [9.17, 15) is 0 Å². The van der Waals surface area contributed by atoms with Crippen molar-refractivity contribution < 1.29 is 5.11 Å². The van der Waals surface area contributed by atoms with E-state index in [1.807, 2.05) is 0 Å². The number of aliphatic hydroxyl groups excluding tert-OH is 1. The summed E-state index contributed by atoms with van der Waals surface area (Å²) in [6.07, 6.45) is 8.23. The van der Waals surface area contributed by atoms with Gasteiger partial charge in [-0.25, -0.2) is 0 Å². The molecular formula is C14H30N2O. The van der Waals surface area contributed by atoms with Crippen LogP contribution in [0.2, 0.25) is 0 Å². The van der Waals surface area contributed by atoms with Gasteiger partial charge in [0.05, 0.1) is 6.61 Å². The van der Waals surface area contributed by atoms with Gasteiger partial charge < -0.3 is 15.3 Å². The Labute approximate surface area is 107 Å². The van der Waals surface area contributed by atoms with E-state index in [0.717, 1.165) is 26.2 Å². The topological polar surface area (TPSA) is 35.5 Å². The van der Waals surface area contributed by atoms with E-state index in [0.29, 0.717) is 5.41 Å². The zero-order valence-corrected chi connectivity index (χ0v) is 11.7. The van der Waals surface area contributed by atoms with Gasteiger partial charge in [0.25, 0.3) is 0 Å². The molecule has 0 aliphatic heterocycles. The van der Waals surface area contributed by atoms with Gasteiger partial charge in [0.15, 0.2) is 0 Å². The summed E-state index contributed by atoms with van der Waals surface area (Å²) in [4.78, 5) is 2.41. The maximum absolute atomic E-state index is 9.11. The summed E-state index contributed by atoms with van der Waals surface area (Å²) in [6, 6.07) is 0. The van der Waals surface area contributed by atoms with E-state index in [1.54, 1.807) is 0 Å². The summed E-state index contributed by atoms with van der Waals surface area (Å²) in [5, 5.41) is 12.5. The van der Waals surface area contributed by atoms with Crippen LogP contribution in [0.15, 0.2) is 0 Å². The van der Waals surface area contributed by atoms with Crippen LogP contribution in [0, 0.1) is 5.41 Å². The highest BCUT2D eigenvalue weighted by Crippen LogP contribution is 2.35. The average molecular weight is 242 g/mol. The van der Waals surface area contributed by atoms with Crippen molar-refractivity contribution >= 4 is 0 Å². The molecule has 0 saturated heterocycles. The van der Waals surface area contributed by atoms with Crippen LogP contribution in [0.1, 0.15) is 45.4 Å². The number of nitrogens with zero attached hydrogens (tertiary/aromatic N) is 1. The van der Waals surface area contributed by atoms with Crippen LogP contribution in [-0.2, 0) is 0 Å². The number of aliphatic hydroxyl groups is 1. The highest BCUT2D eigenvalue weighted by Gasteiger charge is 2.31. The fraction of sp³-hybridized carbons (Fsp3) is 1.00. The van der Waals surface area contributed by atoms with Gasteiger partial charge in [-0.05, 0) is 31.8 Å². The van der Waals surface area contributed by atoms with Crippen LogP contribution in [0.25, 0.3) is 0 Å². The van der Waals surface area contributed by atoms with Crippen LogP contribution in [-0.4, -0.2) is 49.8 Å². The third-order valence-electron chi connectivity index (χ3n) is 4.14. The predicted molar refractivity (Wildman–Crippen MR) is 73.3 cm³/mol. The molecular weight excluding hydrogens is 212 g/mol. The largest absolute Gasteiger partial charge is 0.395 e. The third-order valence-corrected chi connectivity index (χ3v) is 4.14. The molecule has 0 spiro atoms. The monoisotopic (exact) mass is 242 g/mol. The lowest BCUT2D eigenvalue weighted by Gasteiger charge is -2.37. The molecule has 0 heterocycles. The summed E-state index contributed by atoms with van der Waals surface area (Å²) in [5.74, 6) is 0. The van der Waals surface area contributed by atoms with Crippen LogP contribution >= 0.6 is 0 Å². The van der Waals surface area contributed by atoms with Crippen LogP contribution in [0.4, 0.5) is 0 Å². The minimum atomic E-state index is 0.281. The Morgan fingerprint density at radius 1 is 1.18 bits per heavy atom. The predicted octanol–water partition coefficient (Wildman–Crippen LogP) is 1.86. The van der Waals surface area contributed by atoms with Gasteiger partial charge in [-0.3, -0.25) is 0 Å². The maximum Gasteiger partial charge on any atom is 0.0558 e. The molecule has 1 aliphatic carbocycles. The van der Waals surface area contributed by atoms with Gasteiger partial charge in [-0.15, -0.1) is 0 Å². The molecule has 0 aromatic heterocycles. The molecule has 102 valence electrons. The van der Waals surface area contributed by atoms with E-state index >= 15 is 0 Å². The van der Waals surface area contributed by atoms with Crippen molar-refractivity contribution in [2.24, 2.45) is 5.41 Å². The Morgan fingerprint density at radius 3 is 2.29 bits per heavy atom. The molecule has 0 radical (unpaired) electrons. The summed E-state index contributed by atoms with van der Waals surface area (Å²) in [6.45, 7) is 6.61. The highest BCUT2D eigenvalue weighted by molar-refractivity contribution is 4.86. The molecule has 0 aromatic rings. The van der Waals surface area contributed by atoms with E-state index in [1.165, 1.54) is 38.5 Å². The zero-order valence-electron chi connectivity index (χ0n) is 11.7. The molecule has 0 atom stereocenters. The summed E-state index contributed by atoms with van der Waals surface area (Å²) in [7, 11) is 2.06. The van der Waals surface area contributed by atoms with Crippen molar-refractivity contribution in [1.29, 1.82) is 0 Å². The standard InChI is InChI=1S/C14H30N2O/c1-3-16(10-11-17)13-14(12-15-2)8-6-4-5-7-9-14/h15,17H,3-13H2,1-2H3. The Morgan fingerprint density at radius 2 is 1.82 bits per heavy atom. The molecule has 1 aliphatic rings. The van der Waals surface area contributed by atoms with Crippen molar-refractivity contribution in [1.82, 2.24) is 10.2 Å². The Kier molecular flexibility index (Phi) is 7.09. The smallest absolute Gasteiger partial charge is 0.0558 e. The van der Waals surface area contributed by atoms with Crippen LogP contribution in [0.5, 0.6) is 0 Å². The normalized spacial score (nSPS) is 20.5. The number of hydrogen-bond donors (Lipinski definition) is 2. The summed E-state index contributed by atoms with van der Waals surface area (Å²) in [5.41, 5.74) is 0.441.